The van der Waals surface area contributed by atoms with Crippen LogP contribution in [0, 0.1) is 19.0 Å². The molecule has 2 heterocycles. The minimum atomic E-state index is -4.44. The molecule has 5 rings (SSSR count). The smallest absolute Gasteiger partial charge is 0.304 e. The molecule has 1 radical (unpaired) electrons. The zero-order chi connectivity index (χ0) is 27.2. The Balaban J connectivity index is 0.000000211. The summed E-state index contributed by atoms with van der Waals surface area (Å²) in [4.78, 5) is 8.37. The second-order valence-electron chi connectivity index (χ2n) is 7.50. The Bertz CT molecular complexity index is 1400. The third-order valence-electron chi connectivity index (χ3n) is 5.02. The molecular weight excluding hydrogens is 638 g/mol. The number of halogens is 3. The molecule has 2 nitrogen and oxygen atoms in total. The van der Waals surface area contributed by atoms with Crippen LogP contribution in [0.3, 0.4) is 0 Å². The van der Waals surface area contributed by atoms with Crippen LogP contribution in [0.15, 0.2) is 109 Å². The number of benzene rings is 3. The molecule has 0 fully saturated rings. The van der Waals surface area contributed by atoms with Crippen LogP contribution in [0.5, 0.6) is 0 Å². The largest absolute Gasteiger partial charge is 0.399 e. The Morgan fingerprint density at radius 2 is 1.39 bits per heavy atom. The predicted octanol–water partition coefficient (Wildman–Crippen LogP) is 8.09. The van der Waals surface area contributed by atoms with Crippen molar-refractivity contribution in [2.45, 2.75) is 13.0 Å². The number of nitrogens with zero attached hydrogens (tertiary/aromatic N) is 2. The molecule has 0 unspecified atom stereocenters. The van der Waals surface area contributed by atoms with Gasteiger partial charge >= 0.3 is 6.18 Å². The van der Waals surface area contributed by atoms with Crippen molar-refractivity contribution in [3.8, 4) is 33.6 Å². The van der Waals surface area contributed by atoms with Gasteiger partial charge in [-0.05, 0) is 40.5 Å². The van der Waals surface area contributed by atoms with Gasteiger partial charge in [-0.25, -0.2) is 0 Å². The van der Waals surface area contributed by atoms with Crippen LogP contribution >= 0.6 is 0 Å². The van der Waals surface area contributed by atoms with Gasteiger partial charge in [0.05, 0.1) is 0 Å². The van der Waals surface area contributed by atoms with Gasteiger partial charge in [0.1, 0.15) is 0 Å². The van der Waals surface area contributed by atoms with E-state index in [9.17, 15) is 13.2 Å². The number of hydrogen-bond donors (Lipinski definition) is 0. The SMILES string of the molecule is [2H]C([2H])([2H])c1ccc(-c2[c-]ccc(C(F)(F)F)c2)nc1.[Ir].[c-]1ccccc1-c1ccc(-c2ccccc2)cn1. The molecular formula is C30H21F3IrN2-2. The Labute approximate surface area is 226 Å². The average Bonchev–Trinajstić information content (AvgIpc) is 2.94. The van der Waals surface area contributed by atoms with Crippen molar-refractivity contribution in [3.05, 3.63) is 133 Å². The van der Waals surface area contributed by atoms with E-state index in [0.29, 0.717) is 0 Å². The molecule has 0 saturated carbocycles. The van der Waals surface area contributed by atoms with Crippen molar-refractivity contribution in [1.82, 2.24) is 9.97 Å². The van der Waals surface area contributed by atoms with Gasteiger partial charge in [0, 0.05) is 36.6 Å². The quantitative estimate of drug-likeness (QED) is 0.183. The van der Waals surface area contributed by atoms with Gasteiger partial charge in [0.25, 0.3) is 0 Å². The van der Waals surface area contributed by atoms with Crippen LogP contribution in [0.2, 0.25) is 0 Å². The van der Waals surface area contributed by atoms with Crippen molar-refractivity contribution in [3.63, 3.8) is 0 Å². The second-order valence-corrected chi connectivity index (χ2v) is 7.50. The third-order valence-corrected chi connectivity index (χ3v) is 5.02. The molecule has 2 aromatic heterocycles. The topological polar surface area (TPSA) is 25.8 Å². The van der Waals surface area contributed by atoms with Crippen molar-refractivity contribution in [2.75, 3.05) is 0 Å². The van der Waals surface area contributed by atoms with E-state index in [0.717, 1.165) is 41.2 Å². The van der Waals surface area contributed by atoms with E-state index in [1.165, 1.54) is 17.7 Å². The summed E-state index contributed by atoms with van der Waals surface area (Å²) in [6.45, 7) is -2.29. The summed E-state index contributed by atoms with van der Waals surface area (Å²) in [7, 11) is 0. The van der Waals surface area contributed by atoms with Crippen molar-refractivity contribution >= 4 is 0 Å². The summed E-state index contributed by atoms with van der Waals surface area (Å²) in [5, 5.41) is 0. The maximum atomic E-state index is 12.6. The van der Waals surface area contributed by atoms with Gasteiger partial charge in [0.15, 0.2) is 0 Å². The molecule has 0 saturated heterocycles. The fraction of sp³-hybridized carbons (Fsp3) is 0.0667. The van der Waals surface area contributed by atoms with Gasteiger partial charge < -0.3 is 9.97 Å². The van der Waals surface area contributed by atoms with Gasteiger partial charge in [0.2, 0.25) is 0 Å². The van der Waals surface area contributed by atoms with Crippen LogP contribution in [-0.4, -0.2) is 9.97 Å². The summed E-state index contributed by atoms with van der Waals surface area (Å²) in [5.41, 5.74) is 3.94. The molecule has 0 aliphatic carbocycles. The van der Waals surface area contributed by atoms with Crippen LogP contribution in [-0.2, 0) is 26.3 Å². The first-order chi connectivity index (χ1) is 18.1. The van der Waals surface area contributed by atoms with E-state index in [1.807, 2.05) is 54.7 Å². The third kappa shape index (κ3) is 7.20. The zero-order valence-corrected chi connectivity index (χ0v) is 21.1. The number of hydrogen-bond acceptors (Lipinski definition) is 2. The second kappa shape index (κ2) is 12.4. The van der Waals surface area contributed by atoms with Gasteiger partial charge in [-0.2, -0.15) is 13.2 Å². The van der Waals surface area contributed by atoms with Crippen LogP contribution in [0.25, 0.3) is 33.6 Å². The van der Waals surface area contributed by atoms with Crippen LogP contribution < -0.4 is 0 Å². The molecule has 183 valence electrons. The number of pyridine rings is 2. The predicted molar refractivity (Wildman–Crippen MR) is 132 cm³/mol. The van der Waals surface area contributed by atoms with Gasteiger partial charge in [-0.15, -0.1) is 65.7 Å². The molecule has 6 heteroatoms. The first-order valence-corrected chi connectivity index (χ1v) is 10.7. The summed E-state index contributed by atoms with van der Waals surface area (Å²) in [6, 6.07) is 33.8. The number of rotatable bonds is 3. The molecule has 0 N–H and O–H groups in total. The summed E-state index contributed by atoms with van der Waals surface area (Å²) in [6.07, 6.45) is -1.40. The van der Waals surface area contributed by atoms with E-state index >= 15 is 0 Å². The first-order valence-electron chi connectivity index (χ1n) is 12.2. The Hall–Kier alpha value is -3.60. The van der Waals surface area contributed by atoms with E-state index < -0.39 is 18.6 Å². The molecule has 0 bridgehead atoms. The zero-order valence-electron chi connectivity index (χ0n) is 21.8. The number of alkyl halides is 3. The van der Waals surface area contributed by atoms with E-state index in [2.05, 4.69) is 40.3 Å². The minimum absolute atomic E-state index is 0. The Morgan fingerprint density at radius 3 is 2.00 bits per heavy atom. The van der Waals surface area contributed by atoms with Crippen molar-refractivity contribution in [1.29, 1.82) is 0 Å². The molecule has 5 aromatic rings. The number of aryl methyl sites for hydroxylation is 1. The molecule has 36 heavy (non-hydrogen) atoms. The molecule has 0 atom stereocenters. The molecule has 0 spiro atoms. The minimum Gasteiger partial charge on any atom is -0.304 e. The maximum absolute atomic E-state index is 12.6. The maximum Gasteiger partial charge on any atom is 0.399 e. The first kappa shape index (κ1) is 22.8. The monoisotopic (exact) mass is 662 g/mol. The summed E-state index contributed by atoms with van der Waals surface area (Å²) in [5.74, 6) is 0. The van der Waals surface area contributed by atoms with Crippen molar-refractivity contribution in [2.24, 2.45) is 0 Å². The Morgan fingerprint density at radius 1 is 0.694 bits per heavy atom. The standard InChI is InChI=1S/C17H12N.C13H9F3N.Ir/c1-3-7-14(8-4-1)16-11-12-17(18-13-16)15-9-5-2-6-10-15;1-9-5-6-12(17-8-9)10-3-2-4-11(7-10)13(14,15)16;/h1-9,11-13H;2,4-8H,1H3;/q2*-1;/i;1D3;. The summed E-state index contributed by atoms with van der Waals surface area (Å²) < 4.78 is 59.4. The van der Waals surface area contributed by atoms with E-state index in [1.54, 1.807) is 0 Å². The molecule has 0 aliphatic rings. The van der Waals surface area contributed by atoms with E-state index in [-0.39, 0.29) is 36.9 Å². The molecule has 3 aromatic carbocycles. The fourth-order valence-electron chi connectivity index (χ4n) is 3.25. The van der Waals surface area contributed by atoms with E-state index in [4.69, 9.17) is 4.11 Å². The normalized spacial score (nSPS) is 12.1. The fourth-order valence-corrected chi connectivity index (χ4v) is 3.25. The molecule has 0 amide bonds. The van der Waals surface area contributed by atoms with Crippen molar-refractivity contribution < 1.29 is 37.4 Å². The van der Waals surface area contributed by atoms with Gasteiger partial charge in [-0.1, -0.05) is 54.6 Å². The van der Waals surface area contributed by atoms with Crippen LogP contribution in [0.1, 0.15) is 15.2 Å². The summed E-state index contributed by atoms with van der Waals surface area (Å²) >= 11 is 0. The molecule has 0 aliphatic heterocycles. The average molecular weight is 662 g/mol. The Kier molecular flexibility index (Phi) is 7.86. The van der Waals surface area contributed by atoms with Crippen LogP contribution in [0.4, 0.5) is 13.2 Å². The van der Waals surface area contributed by atoms with Gasteiger partial charge in [-0.3, -0.25) is 0 Å². The number of aromatic nitrogens is 2.